The number of aryl methyl sites for hydroxylation is 1. The first kappa shape index (κ1) is 34.6. The Morgan fingerprint density at radius 2 is 1.36 bits per heavy atom. The van der Waals surface area contributed by atoms with Crippen molar-refractivity contribution in [2.45, 2.75) is 13.1 Å². The van der Waals surface area contributed by atoms with E-state index < -0.39 is 17.6 Å². The molecule has 222 valence electrons. The Bertz CT molecular complexity index is 1540. The molecule has 0 fully saturated rings. The van der Waals surface area contributed by atoms with Gasteiger partial charge in [-0.2, -0.15) is 13.2 Å². The molecule has 0 spiro atoms. The van der Waals surface area contributed by atoms with Gasteiger partial charge in [0.1, 0.15) is 10.3 Å². The molecule has 4 rings (SSSR count). The summed E-state index contributed by atoms with van der Waals surface area (Å²) in [5.41, 5.74) is 6.93. The monoisotopic (exact) mass is 732 g/mol. The molecule has 0 atom stereocenters. The lowest BCUT2D eigenvalue weighted by Gasteiger charge is -2.16. The van der Waals surface area contributed by atoms with Crippen LogP contribution in [0, 0.1) is 10.5 Å². The molecule has 4 aromatic rings. The molecular formula is C28H26Cl2F3IN6O2. The average Bonchev–Trinajstić information content (AvgIpc) is 2.95. The second-order valence-corrected chi connectivity index (χ2v) is 10.2. The first-order valence-corrected chi connectivity index (χ1v) is 13.8. The molecule has 0 saturated carbocycles. The topological polar surface area (TPSA) is 122 Å². The first-order chi connectivity index (χ1) is 19.8. The van der Waals surface area contributed by atoms with Gasteiger partial charge in [0.25, 0.3) is 11.8 Å². The summed E-state index contributed by atoms with van der Waals surface area (Å²) >= 11 is 13.5. The Kier molecular flexibility index (Phi) is 13.3. The van der Waals surface area contributed by atoms with E-state index in [1.165, 1.54) is 24.7 Å². The van der Waals surface area contributed by atoms with Gasteiger partial charge in [-0.1, -0.05) is 47.5 Å². The van der Waals surface area contributed by atoms with Crippen LogP contribution in [0.2, 0.25) is 10.3 Å². The largest absolute Gasteiger partial charge is 0.419 e. The number of carbonyl (C=O) groups is 2. The number of pyridine rings is 2. The Morgan fingerprint density at radius 3 is 1.90 bits per heavy atom. The molecule has 0 saturated heterocycles. The third kappa shape index (κ3) is 10.3. The number of nitrogens with zero attached hydrogens (tertiary/aromatic N) is 2. The minimum absolute atomic E-state index is 0.0899. The minimum atomic E-state index is -4.60. The van der Waals surface area contributed by atoms with Crippen molar-refractivity contribution in [3.05, 3.63) is 109 Å². The zero-order valence-corrected chi connectivity index (χ0v) is 26.2. The summed E-state index contributed by atoms with van der Waals surface area (Å²) in [5.74, 6) is -0.570. The highest BCUT2D eigenvalue weighted by Crippen LogP contribution is 2.37. The Morgan fingerprint density at radius 1 is 0.833 bits per heavy atom. The van der Waals surface area contributed by atoms with Crippen LogP contribution in [-0.4, -0.2) is 35.9 Å². The number of carbonyl (C=O) groups excluding carboxylic acids is 2. The lowest BCUT2D eigenvalue weighted by molar-refractivity contribution is -0.137. The van der Waals surface area contributed by atoms with Gasteiger partial charge in [0.15, 0.2) is 0 Å². The smallest absolute Gasteiger partial charge is 0.398 e. The van der Waals surface area contributed by atoms with Crippen molar-refractivity contribution >= 4 is 74.7 Å². The van der Waals surface area contributed by atoms with Crippen LogP contribution in [0.15, 0.2) is 73.1 Å². The number of benzene rings is 2. The van der Waals surface area contributed by atoms with E-state index in [0.717, 1.165) is 9.64 Å². The number of hydrogen-bond acceptors (Lipinski definition) is 6. The molecule has 8 nitrogen and oxygen atoms in total. The summed E-state index contributed by atoms with van der Waals surface area (Å²) in [5, 5.41) is 8.00. The summed E-state index contributed by atoms with van der Waals surface area (Å²) in [4.78, 5) is 30.2. The molecular weight excluding hydrogens is 707 g/mol. The summed E-state index contributed by atoms with van der Waals surface area (Å²) in [6.07, 6.45) is -2.18. The highest BCUT2D eigenvalue weighted by molar-refractivity contribution is 14.1. The van der Waals surface area contributed by atoms with Gasteiger partial charge in [0, 0.05) is 35.7 Å². The number of para-hydroxylation sites is 2. The number of anilines is 3. The number of nitrogens with one attached hydrogen (secondary N) is 3. The molecule has 0 aliphatic rings. The second kappa shape index (κ2) is 16.1. The third-order valence-electron chi connectivity index (χ3n) is 5.28. The van der Waals surface area contributed by atoms with Crippen molar-refractivity contribution in [2.75, 3.05) is 25.1 Å². The van der Waals surface area contributed by atoms with Gasteiger partial charge in [-0.3, -0.25) is 9.59 Å². The van der Waals surface area contributed by atoms with Crippen LogP contribution in [0.4, 0.5) is 30.2 Å². The van der Waals surface area contributed by atoms with Crippen molar-refractivity contribution in [3.63, 3.8) is 0 Å². The molecule has 14 heteroatoms. The van der Waals surface area contributed by atoms with Gasteiger partial charge in [-0.05, 0) is 71.5 Å². The van der Waals surface area contributed by atoms with Crippen molar-refractivity contribution in [3.8, 4) is 0 Å². The number of halogens is 6. The van der Waals surface area contributed by atoms with Crippen LogP contribution < -0.4 is 21.7 Å². The number of aromatic nitrogens is 2. The van der Waals surface area contributed by atoms with E-state index in [2.05, 4.69) is 48.5 Å². The fourth-order valence-corrected chi connectivity index (χ4v) is 4.08. The lowest BCUT2D eigenvalue weighted by atomic mass is 10.1. The zero-order valence-electron chi connectivity index (χ0n) is 22.5. The van der Waals surface area contributed by atoms with E-state index in [-0.39, 0.29) is 28.0 Å². The van der Waals surface area contributed by atoms with Crippen LogP contribution in [-0.2, 0) is 6.18 Å². The van der Waals surface area contributed by atoms with Gasteiger partial charge in [-0.15, -0.1) is 0 Å². The van der Waals surface area contributed by atoms with Gasteiger partial charge in [-0.25, -0.2) is 9.97 Å². The fraction of sp³-hybridized carbons (Fsp3) is 0.143. The predicted octanol–water partition coefficient (Wildman–Crippen LogP) is 7.13. The minimum Gasteiger partial charge on any atom is -0.398 e. The average molecular weight is 733 g/mol. The maximum absolute atomic E-state index is 13.0. The van der Waals surface area contributed by atoms with Crippen LogP contribution in [0.1, 0.15) is 31.8 Å². The highest BCUT2D eigenvalue weighted by Gasteiger charge is 2.34. The molecule has 2 heterocycles. The molecule has 5 N–H and O–H groups in total. The van der Waals surface area contributed by atoms with Gasteiger partial charge < -0.3 is 21.7 Å². The third-order valence-corrected chi connectivity index (χ3v) is 6.86. The normalized spacial score (nSPS) is 10.3. The maximum Gasteiger partial charge on any atom is 0.419 e. The maximum atomic E-state index is 13.0. The van der Waals surface area contributed by atoms with Gasteiger partial charge in [0.2, 0.25) is 0 Å². The molecule has 2 aromatic heterocycles. The fourth-order valence-electron chi connectivity index (χ4n) is 3.14. The standard InChI is InChI=1S/C14H11ClF3N3O.C8H10N2O.C6H5ClIN/c1-19-13(22)8-4-2-3-5-10(8)21-11-6-12(15)20-7-9(11)14(16,17)18;1-10-8(11)6-4-2-3-5-7(6)9;1-4-3-9-6(7)2-5(4)8/h2-7H,1H3,(H,19,22)(H,20,21);2-5H,9H2,1H3,(H,10,11);2-3H,1H3. The van der Waals surface area contributed by atoms with E-state index >= 15 is 0 Å². The second-order valence-electron chi connectivity index (χ2n) is 8.22. The number of hydrogen-bond donors (Lipinski definition) is 4. The number of nitrogens with two attached hydrogens (primary N) is 1. The van der Waals surface area contributed by atoms with Crippen LogP contribution in [0.3, 0.4) is 0 Å². The van der Waals surface area contributed by atoms with Crippen molar-refractivity contribution in [1.29, 1.82) is 0 Å². The Balaban J connectivity index is 0.000000255. The lowest BCUT2D eigenvalue weighted by Crippen LogP contribution is -2.19. The van der Waals surface area contributed by atoms with Gasteiger partial charge >= 0.3 is 6.18 Å². The number of alkyl halides is 3. The summed E-state index contributed by atoms with van der Waals surface area (Å²) < 4.78 is 40.2. The van der Waals surface area contributed by atoms with E-state index in [9.17, 15) is 22.8 Å². The quantitative estimate of drug-likeness (QED) is 0.101. The molecule has 0 bridgehead atoms. The molecule has 42 heavy (non-hydrogen) atoms. The van der Waals surface area contributed by atoms with E-state index in [4.69, 9.17) is 28.9 Å². The Labute approximate surface area is 264 Å². The van der Waals surface area contributed by atoms with Crippen molar-refractivity contribution < 1.29 is 22.8 Å². The van der Waals surface area contributed by atoms with Crippen LogP contribution in [0.25, 0.3) is 0 Å². The highest BCUT2D eigenvalue weighted by atomic mass is 127. The van der Waals surface area contributed by atoms with E-state index in [1.54, 1.807) is 49.6 Å². The predicted molar refractivity (Wildman–Crippen MR) is 168 cm³/mol. The zero-order chi connectivity index (χ0) is 31.4. The van der Waals surface area contributed by atoms with Gasteiger partial charge in [0.05, 0.1) is 28.1 Å². The first-order valence-electron chi connectivity index (χ1n) is 11.9. The number of amides is 2. The number of nitrogen functional groups attached to an aromatic ring is 1. The molecule has 0 radical (unpaired) electrons. The van der Waals surface area contributed by atoms with Crippen LogP contribution >= 0.6 is 45.8 Å². The van der Waals surface area contributed by atoms with E-state index in [0.29, 0.717) is 22.6 Å². The summed E-state index contributed by atoms with van der Waals surface area (Å²) in [7, 11) is 3.01. The summed E-state index contributed by atoms with van der Waals surface area (Å²) in [6.45, 7) is 2.01. The van der Waals surface area contributed by atoms with E-state index in [1.807, 2.05) is 13.0 Å². The SMILES string of the molecule is CNC(=O)c1ccccc1N.CNC(=O)c1ccccc1Nc1cc(Cl)ncc1C(F)(F)F.Cc1cnc(Cl)cc1I. The molecule has 0 aliphatic heterocycles. The van der Waals surface area contributed by atoms with Crippen molar-refractivity contribution in [2.24, 2.45) is 0 Å². The Hall–Kier alpha value is -3.62. The summed E-state index contributed by atoms with van der Waals surface area (Å²) in [6, 6.07) is 16.1. The van der Waals surface area contributed by atoms with Crippen molar-refractivity contribution in [1.82, 2.24) is 20.6 Å². The molecule has 0 aliphatic carbocycles. The molecule has 2 aromatic carbocycles. The van der Waals surface area contributed by atoms with Crippen LogP contribution in [0.5, 0.6) is 0 Å². The molecule has 0 unspecified atom stereocenters. The number of rotatable bonds is 4. The molecule has 2 amide bonds.